The lowest BCUT2D eigenvalue weighted by Gasteiger charge is -2.11. The number of carbonyl (C=O) groups is 1. The zero-order valence-electron chi connectivity index (χ0n) is 10.6. The molecular formula is C13H13BrFNO4. The molecule has 0 aliphatic heterocycles. The first-order chi connectivity index (χ1) is 9.49. The number of hydrogen-bond donors (Lipinski definition) is 0. The summed E-state index contributed by atoms with van der Waals surface area (Å²) in [7, 11) is 0. The van der Waals surface area contributed by atoms with Crippen LogP contribution in [0.15, 0.2) is 16.6 Å². The number of ketones is 1. The van der Waals surface area contributed by atoms with E-state index in [2.05, 4.69) is 15.9 Å². The largest absolute Gasteiger partial charge is 0.486 e. The van der Waals surface area contributed by atoms with E-state index in [0.717, 1.165) is 25.0 Å². The van der Waals surface area contributed by atoms with E-state index in [1.54, 1.807) is 0 Å². The van der Waals surface area contributed by atoms with Gasteiger partial charge in [0.1, 0.15) is 11.6 Å². The summed E-state index contributed by atoms with van der Waals surface area (Å²) >= 11 is 3.06. The van der Waals surface area contributed by atoms with Gasteiger partial charge in [-0.05, 0) is 41.3 Å². The van der Waals surface area contributed by atoms with Crippen LogP contribution in [0.5, 0.6) is 5.75 Å². The van der Waals surface area contributed by atoms with Gasteiger partial charge >= 0.3 is 5.69 Å². The molecule has 0 aromatic heterocycles. The van der Waals surface area contributed by atoms with Crippen molar-refractivity contribution in [3.8, 4) is 5.75 Å². The van der Waals surface area contributed by atoms with Crippen molar-refractivity contribution in [2.45, 2.75) is 25.7 Å². The molecule has 108 valence electrons. The van der Waals surface area contributed by atoms with Crippen LogP contribution in [-0.4, -0.2) is 17.3 Å². The molecule has 0 N–H and O–H groups in total. The Morgan fingerprint density at radius 2 is 2.25 bits per heavy atom. The van der Waals surface area contributed by atoms with Crippen molar-refractivity contribution in [2.24, 2.45) is 5.92 Å². The van der Waals surface area contributed by atoms with E-state index < -0.39 is 16.4 Å². The molecule has 1 aliphatic rings. The molecule has 0 amide bonds. The molecule has 1 unspecified atom stereocenters. The minimum Gasteiger partial charge on any atom is -0.486 e. The molecule has 7 heteroatoms. The van der Waals surface area contributed by atoms with Crippen LogP contribution in [-0.2, 0) is 4.79 Å². The fourth-order valence-electron chi connectivity index (χ4n) is 2.32. The molecule has 20 heavy (non-hydrogen) atoms. The first-order valence-electron chi connectivity index (χ1n) is 6.28. The Kier molecular flexibility index (Phi) is 4.69. The topological polar surface area (TPSA) is 69.4 Å². The summed E-state index contributed by atoms with van der Waals surface area (Å²) in [5.41, 5.74) is -0.422. The van der Waals surface area contributed by atoms with Gasteiger partial charge in [0, 0.05) is 12.3 Å². The third kappa shape index (κ3) is 3.33. The predicted molar refractivity (Wildman–Crippen MR) is 73.2 cm³/mol. The molecule has 0 saturated heterocycles. The summed E-state index contributed by atoms with van der Waals surface area (Å²) in [6.07, 6.45) is 2.86. The van der Waals surface area contributed by atoms with Crippen LogP contribution in [0.4, 0.5) is 10.1 Å². The maximum absolute atomic E-state index is 13.2. The van der Waals surface area contributed by atoms with Crippen molar-refractivity contribution in [3.05, 3.63) is 32.5 Å². The van der Waals surface area contributed by atoms with Gasteiger partial charge in [0.05, 0.1) is 22.1 Å². The quantitative estimate of drug-likeness (QED) is 0.603. The summed E-state index contributed by atoms with van der Waals surface area (Å²) in [4.78, 5) is 21.7. The Morgan fingerprint density at radius 1 is 1.50 bits per heavy atom. The second-order valence-corrected chi connectivity index (χ2v) is 5.54. The average Bonchev–Trinajstić information content (AvgIpc) is 2.77. The fraction of sp³-hybridized carbons (Fsp3) is 0.462. The second-order valence-electron chi connectivity index (χ2n) is 4.69. The van der Waals surface area contributed by atoms with Crippen LogP contribution in [0.2, 0.25) is 0 Å². The van der Waals surface area contributed by atoms with Crippen molar-refractivity contribution >= 4 is 27.4 Å². The maximum Gasteiger partial charge on any atom is 0.315 e. The first-order valence-corrected chi connectivity index (χ1v) is 7.07. The Hall–Kier alpha value is -1.50. The normalized spacial score (nSPS) is 18.3. The molecule has 0 spiro atoms. The Balaban J connectivity index is 2.05. The van der Waals surface area contributed by atoms with Gasteiger partial charge in [-0.3, -0.25) is 14.9 Å². The standard InChI is InChI=1S/C13H13BrFNO4/c14-10-6-9(15)7-11(16(18)19)13(10)20-5-4-8-2-1-3-12(8)17/h6-8H,1-5H2. The smallest absolute Gasteiger partial charge is 0.315 e. The van der Waals surface area contributed by atoms with Gasteiger partial charge in [-0.25, -0.2) is 4.39 Å². The number of Topliss-reactive ketones (excluding diaryl/α,β-unsaturated/α-hetero) is 1. The molecule has 1 aromatic carbocycles. The molecule has 2 rings (SSSR count). The Morgan fingerprint density at radius 3 is 2.85 bits per heavy atom. The lowest BCUT2D eigenvalue weighted by atomic mass is 10.0. The van der Waals surface area contributed by atoms with E-state index in [9.17, 15) is 19.3 Å². The number of benzene rings is 1. The predicted octanol–water partition coefficient (Wildman–Crippen LogP) is 3.63. The highest BCUT2D eigenvalue weighted by Gasteiger charge is 2.25. The van der Waals surface area contributed by atoms with E-state index >= 15 is 0 Å². The van der Waals surface area contributed by atoms with Crippen LogP contribution >= 0.6 is 15.9 Å². The number of nitro benzene ring substituents is 1. The number of ether oxygens (including phenoxy) is 1. The molecule has 1 saturated carbocycles. The molecule has 1 fully saturated rings. The van der Waals surface area contributed by atoms with Gasteiger partial charge in [0.15, 0.2) is 0 Å². The third-order valence-corrected chi connectivity index (χ3v) is 3.92. The van der Waals surface area contributed by atoms with Gasteiger partial charge in [-0.1, -0.05) is 0 Å². The monoisotopic (exact) mass is 345 g/mol. The number of hydrogen-bond acceptors (Lipinski definition) is 4. The van der Waals surface area contributed by atoms with Crippen LogP contribution in [0.3, 0.4) is 0 Å². The summed E-state index contributed by atoms with van der Waals surface area (Å²) in [6, 6.07) is 1.93. The number of nitro groups is 1. The van der Waals surface area contributed by atoms with Crippen molar-refractivity contribution in [1.82, 2.24) is 0 Å². The Bertz CT molecular complexity index is 549. The highest BCUT2D eigenvalue weighted by Crippen LogP contribution is 2.36. The van der Waals surface area contributed by atoms with Crippen molar-refractivity contribution in [3.63, 3.8) is 0 Å². The number of nitrogens with zero attached hydrogens (tertiary/aromatic N) is 1. The summed E-state index contributed by atoms with van der Waals surface area (Å²) in [6.45, 7) is 0.196. The van der Waals surface area contributed by atoms with E-state index in [1.165, 1.54) is 0 Å². The zero-order valence-corrected chi connectivity index (χ0v) is 12.2. The van der Waals surface area contributed by atoms with Gasteiger partial charge in [0.25, 0.3) is 0 Å². The summed E-state index contributed by atoms with van der Waals surface area (Å²) in [5, 5.41) is 10.9. The molecule has 0 bridgehead atoms. The van der Waals surface area contributed by atoms with Crippen LogP contribution in [0, 0.1) is 21.8 Å². The SMILES string of the molecule is O=C1CCCC1CCOc1c(Br)cc(F)cc1[N+](=O)[O-]. The Labute approximate surface area is 123 Å². The lowest BCUT2D eigenvalue weighted by Crippen LogP contribution is -2.11. The fourth-order valence-corrected chi connectivity index (χ4v) is 2.86. The van der Waals surface area contributed by atoms with Crippen LogP contribution < -0.4 is 4.74 Å². The number of halogens is 2. The van der Waals surface area contributed by atoms with Gasteiger partial charge < -0.3 is 4.74 Å². The zero-order chi connectivity index (χ0) is 14.7. The van der Waals surface area contributed by atoms with Crippen molar-refractivity contribution in [2.75, 3.05) is 6.61 Å². The molecule has 0 radical (unpaired) electrons. The minimum absolute atomic E-state index is 0.00171. The van der Waals surface area contributed by atoms with Crippen LogP contribution in [0.25, 0.3) is 0 Å². The highest BCUT2D eigenvalue weighted by molar-refractivity contribution is 9.10. The average molecular weight is 346 g/mol. The van der Waals surface area contributed by atoms with E-state index in [-0.39, 0.29) is 28.5 Å². The highest BCUT2D eigenvalue weighted by atomic mass is 79.9. The molecule has 1 aromatic rings. The molecule has 1 atom stereocenters. The molecule has 5 nitrogen and oxygen atoms in total. The molecular weight excluding hydrogens is 333 g/mol. The van der Waals surface area contributed by atoms with Gasteiger partial charge in [0.2, 0.25) is 5.75 Å². The van der Waals surface area contributed by atoms with Gasteiger partial charge in [-0.2, -0.15) is 0 Å². The minimum atomic E-state index is -0.707. The second kappa shape index (κ2) is 6.30. The van der Waals surface area contributed by atoms with Crippen molar-refractivity contribution in [1.29, 1.82) is 0 Å². The maximum atomic E-state index is 13.2. The van der Waals surface area contributed by atoms with E-state index in [0.29, 0.717) is 12.8 Å². The van der Waals surface area contributed by atoms with E-state index in [4.69, 9.17) is 4.74 Å². The first kappa shape index (κ1) is 14.9. The van der Waals surface area contributed by atoms with Crippen molar-refractivity contribution < 1.29 is 18.8 Å². The molecule has 1 aliphatic carbocycles. The van der Waals surface area contributed by atoms with Crippen LogP contribution in [0.1, 0.15) is 25.7 Å². The van der Waals surface area contributed by atoms with E-state index in [1.807, 2.05) is 0 Å². The summed E-state index contributed by atoms with van der Waals surface area (Å²) < 4.78 is 18.7. The van der Waals surface area contributed by atoms with Gasteiger partial charge in [-0.15, -0.1) is 0 Å². The number of carbonyl (C=O) groups excluding carboxylic acids is 1. The molecule has 0 heterocycles. The lowest BCUT2D eigenvalue weighted by molar-refractivity contribution is -0.386. The summed E-state index contributed by atoms with van der Waals surface area (Å²) in [5.74, 6) is -0.502. The third-order valence-electron chi connectivity index (χ3n) is 3.33. The number of rotatable bonds is 5.